The molecule has 0 unspecified atom stereocenters. The summed E-state index contributed by atoms with van der Waals surface area (Å²) in [6, 6.07) is 9.67. The molecule has 0 bridgehead atoms. The number of carbonyl (C=O) groups excluding carboxylic acids is 1. The van der Waals surface area contributed by atoms with E-state index in [4.69, 9.17) is 17.2 Å². The van der Waals surface area contributed by atoms with Gasteiger partial charge in [-0.05, 0) is 24.6 Å². The zero-order chi connectivity index (χ0) is 22.7. The van der Waals surface area contributed by atoms with Crippen molar-refractivity contribution in [1.29, 1.82) is 0 Å². The van der Waals surface area contributed by atoms with E-state index >= 15 is 0 Å². The minimum atomic E-state index is -0.453. The Bertz CT molecular complexity index is 1140. The molecule has 3 aromatic rings. The second kappa shape index (κ2) is 9.03. The van der Waals surface area contributed by atoms with Gasteiger partial charge in [-0.1, -0.05) is 30.8 Å². The summed E-state index contributed by atoms with van der Waals surface area (Å²) in [5, 5.41) is 2.87. The average Bonchev–Trinajstić information content (AvgIpc) is 2.75. The van der Waals surface area contributed by atoms with Crippen LogP contribution in [0.2, 0.25) is 0 Å². The van der Waals surface area contributed by atoms with E-state index < -0.39 is 5.91 Å². The Balaban J connectivity index is 1.54. The second-order valence-electron chi connectivity index (χ2n) is 7.75. The van der Waals surface area contributed by atoms with Gasteiger partial charge >= 0.3 is 0 Å². The summed E-state index contributed by atoms with van der Waals surface area (Å²) in [5.41, 5.74) is 22.0. The van der Waals surface area contributed by atoms with Crippen molar-refractivity contribution in [2.75, 3.05) is 35.6 Å². The Morgan fingerprint density at radius 2 is 1.94 bits per heavy atom. The van der Waals surface area contributed by atoms with Gasteiger partial charge in [0, 0.05) is 36.5 Å². The predicted molar refractivity (Wildman–Crippen MR) is 126 cm³/mol. The molecule has 164 valence electrons. The number of amides is 1. The van der Waals surface area contributed by atoms with Crippen LogP contribution < -0.4 is 27.4 Å². The number of carbonyl (C=O) groups is 1. The largest absolute Gasteiger partial charge is 0.402 e. The quantitative estimate of drug-likeness (QED) is 0.443. The van der Waals surface area contributed by atoms with Crippen molar-refractivity contribution >= 4 is 23.1 Å². The first-order chi connectivity index (χ1) is 15.5. The zero-order valence-corrected chi connectivity index (χ0v) is 17.7. The van der Waals surface area contributed by atoms with Gasteiger partial charge in [0.05, 0.1) is 29.5 Å². The van der Waals surface area contributed by atoms with Gasteiger partial charge in [-0.3, -0.25) is 9.78 Å². The highest BCUT2D eigenvalue weighted by Crippen LogP contribution is 2.32. The standard InChI is InChI=1S/C23H26N8O/c1-14(25)17-12-31(13-17)20-7-9-27-10-19(20)30-23(32)21-22(26)28-11-18(29-21)16-4-2-15(3-5-16)6-8-24/h2-5,7,9-11,17H,1,6,8,12-13,24-25H2,(H2,26,28)(H,30,32). The van der Waals surface area contributed by atoms with E-state index in [1.807, 2.05) is 30.3 Å². The summed E-state index contributed by atoms with van der Waals surface area (Å²) in [7, 11) is 0. The molecule has 2 aromatic heterocycles. The molecule has 1 fully saturated rings. The third-order valence-corrected chi connectivity index (χ3v) is 5.49. The van der Waals surface area contributed by atoms with Crippen molar-refractivity contribution in [3.63, 3.8) is 0 Å². The van der Waals surface area contributed by atoms with Crippen LogP contribution in [0.5, 0.6) is 0 Å². The van der Waals surface area contributed by atoms with E-state index in [0.717, 1.165) is 36.3 Å². The van der Waals surface area contributed by atoms with E-state index in [-0.39, 0.29) is 17.4 Å². The molecule has 3 heterocycles. The van der Waals surface area contributed by atoms with Crippen molar-refractivity contribution in [3.8, 4) is 11.3 Å². The molecule has 1 aliphatic heterocycles. The molecule has 9 heteroatoms. The summed E-state index contributed by atoms with van der Waals surface area (Å²) in [6.45, 7) is 5.86. The van der Waals surface area contributed by atoms with E-state index in [1.54, 1.807) is 18.6 Å². The highest BCUT2D eigenvalue weighted by Gasteiger charge is 2.30. The molecule has 0 atom stereocenters. The lowest BCUT2D eigenvalue weighted by Crippen LogP contribution is -2.49. The zero-order valence-electron chi connectivity index (χ0n) is 17.7. The number of nitrogen functional groups attached to an aromatic ring is 1. The number of benzene rings is 1. The van der Waals surface area contributed by atoms with Crippen LogP contribution in [0.3, 0.4) is 0 Å². The molecular formula is C23H26N8O. The fourth-order valence-electron chi connectivity index (χ4n) is 3.56. The van der Waals surface area contributed by atoms with Crippen LogP contribution in [0.4, 0.5) is 17.2 Å². The van der Waals surface area contributed by atoms with Crippen molar-refractivity contribution in [3.05, 3.63) is 72.5 Å². The normalized spacial score (nSPS) is 13.5. The van der Waals surface area contributed by atoms with Gasteiger partial charge in [-0.2, -0.15) is 0 Å². The minimum absolute atomic E-state index is 0.0555. The van der Waals surface area contributed by atoms with E-state index in [9.17, 15) is 4.79 Å². The molecule has 1 amide bonds. The van der Waals surface area contributed by atoms with Crippen molar-refractivity contribution < 1.29 is 4.79 Å². The smallest absolute Gasteiger partial charge is 0.278 e. The maximum atomic E-state index is 13.0. The number of nitrogens with one attached hydrogen (secondary N) is 1. The molecule has 1 saturated heterocycles. The monoisotopic (exact) mass is 430 g/mol. The number of anilines is 3. The van der Waals surface area contributed by atoms with Crippen LogP contribution in [0, 0.1) is 5.92 Å². The Kier molecular flexibility index (Phi) is 6.00. The summed E-state index contributed by atoms with van der Waals surface area (Å²) < 4.78 is 0. The maximum Gasteiger partial charge on any atom is 0.278 e. The molecule has 0 aliphatic carbocycles. The second-order valence-corrected chi connectivity index (χ2v) is 7.75. The van der Waals surface area contributed by atoms with Crippen LogP contribution in [0.25, 0.3) is 11.3 Å². The number of hydrogen-bond donors (Lipinski definition) is 4. The number of nitrogens with zero attached hydrogens (tertiary/aromatic N) is 4. The number of nitrogens with two attached hydrogens (primary N) is 3. The van der Waals surface area contributed by atoms with Crippen LogP contribution in [0.1, 0.15) is 16.1 Å². The van der Waals surface area contributed by atoms with Crippen LogP contribution in [0.15, 0.2) is 61.2 Å². The van der Waals surface area contributed by atoms with Gasteiger partial charge in [0.2, 0.25) is 0 Å². The Morgan fingerprint density at radius 1 is 1.19 bits per heavy atom. The third-order valence-electron chi connectivity index (χ3n) is 5.49. The van der Waals surface area contributed by atoms with Gasteiger partial charge < -0.3 is 27.4 Å². The highest BCUT2D eigenvalue weighted by molar-refractivity contribution is 6.07. The summed E-state index contributed by atoms with van der Waals surface area (Å²) in [4.78, 5) is 27.9. The number of aromatic nitrogens is 3. The van der Waals surface area contributed by atoms with Crippen LogP contribution in [-0.4, -0.2) is 40.5 Å². The fourth-order valence-corrected chi connectivity index (χ4v) is 3.56. The predicted octanol–water partition coefficient (Wildman–Crippen LogP) is 1.78. The van der Waals surface area contributed by atoms with E-state index in [2.05, 4.69) is 31.7 Å². The average molecular weight is 431 g/mol. The molecular weight excluding hydrogens is 404 g/mol. The van der Waals surface area contributed by atoms with Crippen molar-refractivity contribution in [2.45, 2.75) is 6.42 Å². The number of hydrogen-bond acceptors (Lipinski definition) is 8. The van der Waals surface area contributed by atoms with Gasteiger partial charge in [0.15, 0.2) is 11.5 Å². The molecule has 9 nitrogen and oxygen atoms in total. The maximum absolute atomic E-state index is 13.0. The number of rotatable bonds is 7. The Hall–Kier alpha value is -3.98. The fraction of sp³-hybridized carbons (Fsp3) is 0.217. The molecule has 32 heavy (non-hydrogen) atoms. The minimum Gasteiger partial charge on any atom is -0.402 e. The van der Waals surface area contributed by atoms with Crippen molar-refractivity contribution in [2.24, 2.45) is 17.4 Å². The molecule has 7 N–H and O–H groups in total. The lowest BCUT2D eigenvalue weighted by molar-refractivity contribution is 0.102. The first kappa shape index (κ1) is 21.3. The van der Waals surface area contributed by atoms with Crippen LogP contribution >= 0.6 is 0 Å². The van der Waals surface area contributed by atoms with Crippen LogP contribution in [-0.2, 0) is 6.42 Å². The molecule has 0 radical (unpaired) electrons. The third kappa shape index (κ3) is 4.37. The van der Waals surface area contributed by atoms with Gasteiger partial charge in [-0.25, -0.2) is 9.97 Å². The molecule has 1 aromatic carbocycles. The van der Waals surface area contributed by atoms with Gasteiger partial charge in [0.1, 0.15) is 0 Å². The van der Waals surface area contributed by atoms with E-state index in [1.165, 1.54) is 0 Å². The lowest BCUT2D eigenvalue weighted by atomic mass is 9.96. The Morgan fingerprint density at radius 3 is 2.62 bits per heavy atom. The molecule has 0 saturated carbocycles. The first-order valence-electron chi connectivity index (χ1n) is 10.3. The lowest BCUT2D eigenvalue weighted by Gasteiger charge is -2.41. The van der Waals surface area contributed by atoms with Crippen molar-refractivity contribution in [1.82, 2.24) is 15.0 Å². The van der Waals surface area contributed by atoms with Gasteiger partial charge in [-0.15, -0.1) is 0 Å². The highest BCUT2D eigenvalue weighted by atomic mass is 16.1. The molecule has 1 aliphatic rings. The Labute approximate surface area is 186 Å². The topological polar surface area (TPSA) is 149 Å². The van der Waals surface area contributed by atoms with Gasteiger partial charge in [0.25, 0.3) is 5.91 Å². The first-order valence-corrected chi connectivity index (χ1v) is 10.3. The summed E-state index contributed by atoms with van der Waals surface area (Å²) in [5.74, 6) is -0.160. The molecule has 0 spiro atoms. The number of pyridine rings is 1. The van der Waals surface area contributed by atoms with E-state index in [0.29, 0.717) is 23.6 Å². The summed E-state index contributed by atoms with van der Waals surface area (Å²) >= 11 is 0. The summed E-state index contributed by atoms with van der Waals surface area (Å²) in [6.07, 6.45) is 5.63. The molecule has 4 rings (SSSR count). The SMILES string of the molecule is C=C(N)C1CN(c2ccncc2NC(=O)c2nc(-c3ccc(CCN)cc3)cnc2N)C1.